The molecule has 0 radical (unpaired) electrons. The molecule has 80 valence electrons. The van der Waals surface area contributed by atoms with Gasteiger partial charge in [0, 0.05) is 0 Å². The standard InChI is InChI=1S/C13H16O2/c1-15-12-5-6-13-10(7-8-14)3-2-4-11(13)9-12/h5-7,9,14H,2-4,8H2,1H3/b10-7+. The first-order chi connectivity index (χ1) is 7.35. The summed E-state index contributed by atoms with van der Waals surface area (Å²) in [4.78, 5) is 0. The highest BCUT2D eigenvalue weighted by Gasteiger charge is 2.13. The zero-order chi connectivity index (χ0) is 10.7. The van der Waals surface area contributed by atoms with E-state index in [2.05, 4.69) is 12.1 Å². The van der Waals surface area contributed by atoms with Crippen LogP contribution in [-0.4, -0.2) is 18.8 Å². The molecule has 1 aliphatic carbocycles. The van der Waals surface area contributed by atoms with Crippen LogP contribution in [0, 0.1) is 0 Å². The van der Waals surface area contributed by atoms with Crippen LogP contribution in [0.4, 0.5) is 0 Å². The first-order valence-electron chi connectivity index (χ1n) is 5.32. The number of aliphatic hydroxyl groups is 1. The van der Waals surface area contributed by atoms with Crippen molar-refractivity contribution in [3.05, 3.63) is 35.4 Å². The number of methoxy groups -OCH3 is 1. The predicted octanol–water partition coefficient (Wildman–Crippen LogP) is 2.41. The fraction of sp³-hybridized carbons (Fsp3) is 0.385. The Labute approximate surface area is 90.2 Å². The summed E-state index contributed by atoms with van der Waals surface area (Å²) in [5, 5.41) is 8.94. The van der Waals surface area contributed by atoms with Gasteiger partial charge in [0.05, 0.1) is 13.7 Å². The molecule has 0 spiro atoms. The van der Waals surface area contributed by atoms with Crippen LogP contribution in [0.3, 0.4) is 0 Å². The quantitative estimate of drug-likeness (QED) is 0.801. The number of allylic oxidation sites excluding steroid dienone is 1. The predicted molar refractivity (Wildman–Crippen MR) is 61.0 cm³/mol. The Kier molecular flexibility index (Phi) is 3.07. The number of benzene rings is 1. The molecule has 2 rings (SSSR count). The van der Waals surface area contributed by atoms with Gasteiger partial charge < -0.3 is 9.84 Å². The van der Waals surface area contributed by atoms with Gasteiger partial charge in [0.15, 0.2) is 0 Å². The third-order valence-electron chi connectivity index (χ3n) is 2.89. The maximum Gasteiger partial charge on any atom is 0.119 e. The van der Waals surface area contributed by atoms with Crippen molar-refractivity contribution >= 4 is 5.57 Å². The second kappa shape index (κ2) is 4.49. The first-order valence-corrected chi connectivity index (χ1v) is 5.32. The molecule has 1 aromatic rings. The van der Waals surface area contributed by atoms with Crippen LogP contribution in [0.5, 0.6) is 5.75 Å². The number of fused-ring (bicyclic) bond motifs is 1. The molecule has 0 saturated heterocycles. The molecule has 0 bridgehead atoms. The van der Waals surface area contributed by atoms with Crippen molar-refractivity contribution in [2.24, 2.45) is 0 Å². The van der Waals surface area contributed by atoms with Crippen molar-refractivity contribution in [1.82, 2.24) is 0 Å². The lowest BCUT2D eigenvalue weighted by molar-refractivity contribution is 0.343. The molecule has 0 saturated carbocycles. The number of hydrogen-bond donors (Lipinski definition) is 1. The molecule has 15 heavy (non-hydrogen) atoms. The second-order valence-corrected chi connectivity index (χ2v) is 3.79. The van der Waals surface area contributed by atoms with E-state index in [9.17, 15) is 0 Å². The summed E-state index contributed by atoms with van der Waals surface area (Å²) in [6.45, 7) is 0.126. The highest BCUT2D eigenvalue weighted by atomic mass is 16.5. The van der Waals surface area contributed by atoms with Crippen molar-refractivity contribution in [3.63, 3.8) is 0 Å². The minimum absolute atomic E-state index is 0.126. The Balaban J connectivity index is 2.41. The largest absolute Gasteiger partial charge is 0.497 e. The Morgan fingerprint density at radius 2 is 2.27 bits per heavy atom. The third kappa shape index (κ3) is 2.05. The normalized spacial score (nSPS) is 17.6. The molecular formula is C13H16O2. The minimum Gasteiger partial charge on any atom is -0.497 e. The molecule has 0 heterocycles. The van der Waals surface area contributed by atoms with E-state index < -0.39 is 0 Å². The Morgan fingerprint density at radius 1 is 1.40 bits per heavy atom. The van der Waals surface area contributed by atoms with Gasteiger partial charge in [-0.2, -0.15) is 0 Å². The smallest absolute Gasteiger partial charge is 0.119 e. The maximum absolute atomic E-state index is 8.94. The Morgan fingerprint density at radius 3 is 3.00 bits per heavy atom. The average Bonchev–Trinajstić information content (AvgIpc) is 2.29. The van der Waals surface area contributed by atoms with Crippen LogP contribution < -0.4 is 4.74 Å². The van der Waals surface area contributed by atoms with Gasteiger partial charge in [-0.3, -0.25) is 0 Å². The lowest BCUT2D eigenvalue weighted by Crippen LogP contribution is -2.02. The summed E-state index contributed by atoms with van der Waals surface area (Å²) in [6, 6.07) is 6.17. The molecule has 0 atom stereocenters. The minimum atomic E-state index is 0.126. The fourth-order valence-corrected chi connectivity index (χ4v) is 2.14. The van der Waals surface area contributed by atoms with Crippen molar-refractivity contribution in [1.29, 1.82) is 0 Å². The van der Waals surface area contributed by atoms with Gasteiger partial charge >= 0.3 is 0 Å². The molecule has 0 fully saturated rings. The molecule has 1 aromatic carbocycles. The van der Waals surface area contributed by atoms with E-state index in [4.69, 9.17) is 9.84 Å². The van der Waals surface area contributed by atoms with E-state index in [0.29, 0.717) is 0 Å². The van der Waals surface area contributed by atoms with Gasteiger partial charge in [-0.1, -0.05) is 12.1 Å². The third-order valence-corrected chi connectivity index (χ3v) is 2.89. The van der Waals surface area contributed by atoms with E-state index in [1.54, 1.807) is 7.11 Å². The van der Waals surface area contributed by atoms with Crippen LogP contribution in [-0.2, 0) is 6.42 Å². The zero-order valence-corrected chi connectivity index (χ0v) is 8.99. The van der Waals surface area contributed by atoms with Crippen molar-refractivity contribution in [2.45, 2.75) is 19.3 Å². The molecule has 2 nitrogen and oxygen atoms in total. The molecule has 0 amide bonds. The van der Waals surface area contributed by atoms with Crippen LogP contribution in [0.2, 0.25) is 0 Å². The van der Waals surface area contributed by atoms with Crippen LogP contribution in [0.15, 0.2) is 24.3 Å². The first kappa shape index (κ1) is 10.2. The molecule has 0 unspecified atom stereocenters. The molecule has 1 N–H and O–H groups in total. The average molecular weight is 204 g/mol. The second-order valence-electron chi connectivity index (χ2n) is 3.79. The fourth-order valence-electron chi connectivity index (χ4n) is 2.14. The summed E-state index contributed by atoms with van der Waals surface area (Å²) in [5.41, 5.74) is 3.87. The van der Waals surface area contributed by atoms with Gasteiger partial charge in [0.1, 0.15) is 5.75 Å². The molecule has 0 aromatic heterocycles. The van der Waals surface area contributed by atoms with E-state index in [1.807, 2.05) is 12.1 Å². The monoisotopic (exact) mass is 204 g/mol. The molecule has 1 aliphatic rings. The summed E-state index contributed by atoms with van der Waals surface area (Å²) in [7, 11) is 1.69. The zero-order valence-electron chi connectivity index (χ0n) is 8.99. The Bertz CT molecular complexity index is 380. The summed E-state index contributed by atoms with van der Waals surface area (Å²) in [5.74, 6) is 0.916. The van der Waals surface area contributed by atoms with E-state index in [-0.39, 0.29) is 6.61 Å². The summed E-state index contributed by atoms with van der Waals surface area (Å²) >= 11 is 0. The van der Waals surface area contributed by atoms with E-state index in [0.717, 1.165) is 25.0 Å². The molecular weight excluding hydrogens is 188 g/mol. The van der Waals surface area contributed by atoms with Gasteiger partial charge in [-0.05, 0) is 48.1 Å². The number of aliphatic hydroxyl groups excluding tert-OH is 1. The molecule has 2 heteroatoms. The highest BCUT2D eigenvalue weighted by molar-refractivity contribution is 5.70. The number of ether oxygens (including phenoxy) is 1. The number of rotatable bonds is 2. The number of hydrogen-bond acceptors (Lipinski definition) is 2. The van der Waals surface area contributed by atoms with Gasteiger partial charge in [-0.25, -0.2) is 0 Å². The van der Waals surface area contributed by atoms with Crippen molar-refractivity contribution < 1.29 is 9.84 Å². The van der Waals surface area contributed by atoms with E-state index in [1.165, 1.54) is 16.7 Å². The SMILES string of the molecule is COc1ccc2c(c1)CCC/C2=C\CO. The van der Waals surface area contributed by atoms with Gasteiger partial charge in [-0.15, -0.1) is 0 Å². The topological polar surface area (TPSA) is 29.5 Å². The van der Waals surface area contributed by atoms with E-state index >= 15 is 0 Å². The lowest BCUT2D eigenvalue weighted by Gasteiger charge is -2.19. The Hall–Kier alpha value is -1.28. The van der Waals surface area contributed by atoms with Crippen molar-refractivity contribution in [3.8, 4) is 5.75 Å². The van der Waals surface area contributed by atoms with Gasteiger partial charge in [0.25, 0.3) is 0 Å². The van der Waals surface area contributed by atoms with Gasteiger partial charge in [0.2, 0.25) is 0 Å². The lowest BCUT2D eigenvalue weighted by atomic mass is 9.87. The molecule has 0 aliphatic heterocycles. The van der Waals surface area contributed by atoms with Crippen LogP contribution >= 0.6 is 0 Å². The van der Waals surface area contributed by atoms with Crippen molar-refractivity contribution in [2.75, 3.05) is 13.7 Å². The highest BCUT2D eigenvalue weighted by Crippen LogP contribution is 2.32. The number of aryl methyl sites for hydroxylation is 1. The summed E-state index contributed by atoms with van der Waals surface area (Å²) < 4.78 is 5.21. The summed E-state index contributed by atoms with van der Waals surface area (Å²) in [6.07, 6.45) is 5.24. The van der Waals surface area contributed by atoms with Crippen LogP contribution in [0.1, 0.15) is 24.0 Å². The maximum atomic E-state index is 8.94. The van der Waals surface area contributed by atoms with Crippen LogP contribution in [0.25, 0.3) is 5.57 Å².